The van der Waals surface area contributed by atoms with Gasteiger partial charge in [-0.15, -0.1) is 0 Å². The van der Waals surface area contributed by atoms with Crippen molar-refractivity contribution in [1.82, 2.24) is 24.9 Å². The average molecular weight is 319 g/mol. The lowest BCUT2D eigenvalue weighted by Gasteiger charge is -2.31. The zero-order valence-corrected chi connectivity index (χ0v) is 13.5. The predicted octanol–water partition coefficient (Wildman–Crippen LogP) is -0.191. The van der Waals surface area contributed by atoms with Gasteiger partial charge in [0.1, 0.15) is 0 Å². The Balaban J connectivity index is 1.64. The first-order valence-electron chi connectivity index (χ1n) is 7.95. The normalized spacial score (nSPS) is 17.7. The summed E-state index contributed by atoms with van der Waals surface area (Å²) in [6, 6.07) is -0.521. The summed E-state index contributed by atoms with van der Waals surface area (Å²) in [6.45, 7) is 3.21. The van der Waals surface area contributed by atoms with Crippen molar-refractivity contribution in [3.63, 3.8) is 0 Å². The summed E-state index contributed by atoms with van der Waals surface area (Å²) in [7, 11) is 1.86. The molecule has 1 aliphatic heterocycles. The van der Waals surface area contributed by atoms with Crippen LogP contribution in [0.5, 0.6) is 0 Å². The molecule has 0 spiro atoms. The maximum Gasteiger partial charge on any atom is 0.324 e. The molecule has 8 heteroatoms. The Bertz CT molecular complexity index is 666. The summed E-state index contributed by atoms with van der Waals surface area (Å²) in [5.74, 6) is -1.37. The summed E-state index contributed by atoms with van der Waals surface area (Å²) < 4.78 is 1.78. The van der Waals surface area contributed by atoms with E-state index in [0.717, 1.165) is 35.6 Å². The fourth-order valence-electron chi connectivity index (χ4n) is 3.23. The number of urea groups is 1. The summed E-state index contributed by atoms with van der Waals surface area (Å²) >= 11 is 0. The van der Waals surface area contributed by atoms with E-state index < -0.39 is 17.8 Å². The maximum atomic E-state index is 12.2. The van der Waals surface area contributed by atoms with Gasteiger partial charge in [-0.2, -0.15) is 5.10 Å². The van der Waals surface area contributed by atoms with Crippen molar-refractivity contribution < 1.29 is 14.4 Å². The Labute approximate surface area is 134 Å². The van der Waals surface area contributed by atoms with E-state index in [1.807, 2.05) is 14.0 Å². The zero-order valence-electron chi connectivity index (χ0n) is 13.5. The highest BCUT2D eigenvalue weighted by molar-refractivity contribution is 6.38. The molecule has 0 aromatic carbocycles. The minimum Gasteiger partial charge on any atom is -0.333 e. The number of imide groups is 1. The minimum atomic E-state index is -0.758. The fraction of sp³-hybridized carbons (Fsp3) is 0.600. The molecule has 0 unspecified atom stereocenters. The van der Waals surface area contributed by atoms with E-state index in [2.05, 4.69) is 10.4 Å². The van der Waals surface area contributed by atoms with E-state index in [1.165, 1.54) is 10.5 Å². The molecule has 8 nitrogen and oxygen atoms in total. The number of likely N-dealkylation sites (N-methyl/N-ethyl adjacent to an activating group) is 1. The minimum absolute atomic E-state index is 0.230. The van der Waals surface area contributed by atoms with E-state index in [-0.39, 0.29) is 6.54 Å². The molecule has 0 radical (unpaired) electrons. The molecule has 2 aliphatic rings. The second kappa shape index (κ2) is 6.02. The van der Waals surface area contributed by atoms with Crippen molar-refractivity contribution in [2.75, 3.05) is 19.6 Å². The summed E-state index contributed by atoms with van der Waals surface area (Å²) in [6.07, 6.45) is 3.04. The van der Waals surface area contributed by atoms with Crippen LogP contribution in [0, 0.1) is 0 Å². The lowest BCUT2D eigenvalue weighted by molar-refractivity contribution is -0.153. The molecule has 1 aromatic heterocycles. The number of amides is 4. The first-order chi connectivity index (χ1) is 11.0. The van der Waals surface area contributed by atoms with Crippen LogP contribution in [-0.4, -0.2) is 57.1 Å². The van der Waals surface area contributed by atoms with Gasteiger partial charge in [-0.3, -0.25) is 19.2 Å². The number of hydrogen-bond acceptors (Lipinski definition) is 4. The molecule has 0 atom stereocenters. The molecule has 0 bridgehead atoms. The van der Waals surface area contributed by atoms with Crippen molar-refractivity contribution in [2.45, 2.75) is 32.7 Å². The molecule has 23 heavy (non-hydrogen) atoms. The zero-order chi connectivity index (χ0) is 16.6. The van der Waals surface area contributed by atoms with Gasteiger partial charge in [-0.05, 0) is 31.7 Å². The highest BCUT2D eigenvalue weighted by Gasteiger charge is 2.35. The highest BCUT2D eigenvalue weighted by Crippen LogP contribution is 2.24. The number of nitrogens with one attached hydrogen (secondary N) is 1. The number of carbonyl (C=O) groups is 3. The number of fused-ring (bicyclic) bond motifs is 1. The fourth-order valence-corrected chi connectivity index (χ4v) is 3.23. The molecule has 124 valence electrons. The maximum absolute atomic E-state index is 12.2. The van der Waals surface area contributed by atoms with Gasteiger partial charge in [0, 0.05) is 26.7 Å². The molecule has 1 aliphatic carbocycles. The smallest absolute Gasteiger partial charge is 0.324 e. The summed E-state index contributed by atoms with van der Waals surface area (Å²) in [5.41, 5.74) is 3.27. The van der Waals surface area contributed by atoms with Gasteiger partial charge in [-0.1, -0.05) is 0 Å². The Morgan fingerprint density at radius 3 is 2.74 bits per heavy atom. The van der Waals surface area contributed by atoms with E-state index in [4.69, 9.17) is 0 Å². The molecule has 1 N–H and O–H groups in total. The molecule has 0 saturated carbocycles. The number of piperazine rings is 1. The van der Waals surface area contributed by atoms with Gasteiger partial charge in [-0.25, -0.2) is 4.79 Å². The number of rotatable bonds is 3. The second-order valence-electron chi connectivity index (χ2n) is 5.85. The van der Waals surface area contributed by atoms with Crippen molar-refractivity contribution in [3.05, 3.63) is 17.0 Å². The third-order valence-electron chi connectivity index (χ3n) is 4.54. The number of nitrogens with zero attached hydrogens (tertiary/aromatic N) is 4. The molecule has 1 fully saturated rings. The molecule has 2 heterocycles. The Morgan fingerprint density at radius 2 is 2.00 bits per heavy atom. The molecule has 4 amide bonds. The van der Waals surface area contributed by atoms with Crippen LogP contribution in [0.1, 0.15) is 30.3 Å². The second-order valence-corrected chi connectivity index (χ2v) is 5.85. The monoisotopic (exact) mass is 319 g/mol. The molecule has 1 saturated heterocycles. The van der Waals surface area contributed by atoms with E-state index in [0.29, 0.717) is 19.6 Å². The predicted molar refractivity (Wildman–Crippen MR) is 81.4 cm³/mol. The highest BCUT2D eigenvalue weighted by atomic mass is 16.2. The molecule has 3 rings (SSSR count). The quantitative estimate of drug-likeness (QED) is 0.782. The average Bonchev–Trinajstić information content (AvgIpc) is 3.08. The van der Waals surface area contributed by atoms with Crippen molar-refractivity contribution in [3.8, 4) is 0 Å². The number of aryl methyl sites for hydroxylation is 2. The first kappa shape index (κ1) is 15.5. The van der Waals surface area contributed by atoms with Gasteiger partial charge in [0.05, 0.1) is 17.9 Å². The third-order valence-corrected chi connectivity index (χ3v) is 4.54. The van der Waals surface area contributed by atoms with Gasteiger partial charge >= 0.3 is 17.8 Å². The molecular formula is C15H21N5O3. The molecule has 1 aromatic rings. The van der Waals surface area contributed by atoms with Crippen molar-refractivity contribution in [2.24, 2.45) is 7.05 Å². The largest absolute Gasteiger partial charge is 0.333 e. The lowest BCUT2D eigenvalue weighted by atomic mass is 10.2. The van der Waals surface area contributed by atoms with Gasteiger partial charge in [0.2, 0.25) is 0 Å². The van der Waals surface area contributed by atoms with Crippen LogP contribution in [0.3, 0.4) is 0 Å². The van der Waals surface area contributed by atoms with Gasteiger partial charge in [0.25, 0.3) is 0 Å². The van der Waals surface area contributed by atoms with Crippen LogP contribution in [0.15, 0.2) is 0 Å². The SMILES string of the molecule is CCN1CCN(C(=O)NCc2c3c(nn2C)CCC3)C(=O)C1=O. The van der Waals surface area contributed by atoms with Crippen LogP contribution in [-0.2, 0) is 36.0 Å². The van der Waals surface area contributed by atoms with Crippen LogP contribution in [0.4, 0.5) is 4.79 Å². The van der Waals surface area contributed by atoms with Crippen LogP contribution in [0.25, 0.3) is 0 Å². The lowest BCUT2D eigenvalue weighted by Crippen LogP contribution is -2.58. The summed E-state index contributed by atoms with van der Waals surface area (Å²) in [5, 5.41) is 7.20. The molecular weight excluding hydrogens is 298 g/mol. The van der Waals surface area contributed by atoms with Gasteiger partial charge < -0.3 is 10.2 Å². The number of carbonyl (C=O) groups excluding carboxylic acids is 3. The van der Waals surface area contributed by atoms with Crippen molar-refractivity contribution in [1.29, 1.82) is 0 Å². The van der Waals surface area contributed by atoms with Crippen LogP contribution < -0.4 is 5.32 Å². The van der Waals surface area contributed by atoms with Gasteiger partial charge in [0.15, 0.2) is 0 Å². The number of hydrogen-bond donors (Lipinski definition) is 1. The Morgan fingerprint density at radius 1 is 1.22 bits per heavy atom. The Kier molecular flexibility index (Phi) is 4.06. The topological polar surface area (TPSA) is 87.5 Å². The first-order valence-corrected chi connectivity index (χ1v) is 7.95. The van der Waals surface area contributed by atoms with Crippen molar-refractivity contribution >= 4 is 17.8 Å². The van der Waals surface area contributed by atoms with Crippen LogP contribution in [0.2, 0.25) is 0 Å². The third kappa shape index (κ3) is 2.69. The van der Waals surface area contributed by atoms with E-state index in [9.17, 15) is 14.4 Å². The summed E-state index contributed by atoms with van der Waals surface area (Å²) in [4.78, 5) is 38.5. The van der Waals surface area contributed by atoms with E-state index >= 15 is 0 Å². The van der Waals surface area contributed by atoms with Crippen LogP contribution >= 0.6 is 0 Å². The number of aromatic nitrogens is 2. The Hall–Kier alpha value is -2.38. The standard InChI is InChI=1S/C15H21N5O3/c1-3-19-7-8-20(14(22)13(19)21)15(23)16-9-12-10-5-4-6-11(10)17-18(12)2/h3-9H2,1-2H3,(H,16,23). The van der Waals surface area contributed by atoms with E-state index in [1.54, 1.807) is 4.68 Å².